The van der Waals surface area contributed by atoms with Gasteiger partial charge >= 0.3 is 6.18 Å². The number of carbonyl (C=O) groups is 1. The third-order valence-corrected chi connectivity index (χ3v) is 3.03. The van der Waals surface area contributed by atoms with E-state index in [9.17, 15) is 18.0 Å². The summed E-state index contributed by atoms with van der Waals surface area (Å²) in [6.45, 7) is 4.28. The quantitative estimate of drug-likeness (QED) is 0.810. The van der Waals surface area contributed by atoms with Crippen molar-refractivity contribution in [2.75, 3.05) is 11.9 Å². The monoisotopic (exact) mass is 318 g/mol. The normalized spacial score (nSPS) is 14.1. The SMILES string of the molecule is CCC(C)NC(=O)C(C)Nc1ccc(OCC(F)(F)F)cc1. The molecule has 0 radical (unpaired) electrons. The first kappa shape index (κ1) is 18.1. The van der Waals surface area contributed by atoms with Crippen LogP contribution in [0.5, 0.6) is 5.75 Å². The molecule has 0 heterocycles. The molecule has 2 N–H and O–H groups in total. The Hall–Kier alpha value is -1.92. The summed E-state index contributed by atoms with van der Waals surface area (Å²) in [7, 11) is 0. The fraction of sp³-hybridized carbons (Fsp3) is 0.533. The highest BCUT2D eigenvalue weighted by molar-refractivity contribution is 5.84. The topological polar surface area (TPSA) is 50.4 Å². The maximum Gasteiger partial charge on any atom is 0.422 e. The van der Waals surface area contributed by atoms with Crippen molar-refractivity contribution in [3.63, 3.8) is 0 Å². The Balaban J connectivity index is 2.51. The number of benzene rings is 1. The van der Waals surface area contributed by atoms with Gasteiger partial charge in [0.25, 0.3) is 0 Å². The van der Waals surface area contributed by atoms with Crippen molar-refractivity contribution in [2.45, 2.75) is 45.5 Å². The number of hydrogen-bond acceptors (Lipinski definition) is 3. The maximum atomic E-state index is 12.0. The molecular weight excluding hydrogens is 297 g/mol. The van der Waals surface area contributed by atoms with Gasteiger partial charge in [0.1, 0.15) is 11.8 Å². The molecule has 1 aromatic rings. The van der Waals surface area contributed by atoms with Gasteiger partial charge in [0.2, 0.25) is 5.91 Å². The van der Waals surface area contributed by atoms with E-state index in [1.54, 1.807) is 19.1 Å². The number of halogens is 3. The molecule has 0 fully saturated rings. The molecule has 0 spiro atoms. The van der Waals surface area contributed by atoms with E-state index in [0.29, 0.717) is 5.69 Å². The Kier molecular flexibility index (Phi) is 6.52. The van der Waals surface area contributed by atoms with Crippen LogP contribution in [0.3, 0.4) is 0 Å². The minimum atomic E-state index is -4.36. The molecule has 4 nitrogen and oxygen atoms in total. The standard InChI is InChI=1S/C15H21F3N2O2/c1-4-10(2)19-14(21)11(3)20-12-5-7-13(8-6-12)22-9-15(16,17)18/h5-8,10-11,20H,4,9H2,1-3H3,(H,19,21). The van der Waals surface area contributed by atoms with Crippen LogP contribution in [0.1, 0.15) is 27.2 Å². The van der Waals surface area contributed by atoms with Crippen molar-refractivity contribution in [1.29, 1.82) is 0 Å². The molecule has 0 bridgehead atoms. The van der Waals surface area contributed by atoms with Gasteiger partial charge in [-0.1, -0.05) is 6.92 Å². The zero-order chi connectivity index (χ0) is 16.8. The molecule has 1 aromatic carbocycles. The molecule has 0 aromatic heterocycles. The lowest BCUT2D eigenvalue weighted by atomic mass is 10.2. The minimum Gasteiger partial charge on any atom is -0.484 e. The van der Waals surface area contributed by atoms with E-state index >= 15 is 0 Å². The van der Waals surface area contributed by atoms with Crippen LogP contribution in [-0.2, 0) is 4.79 Å². The molecule has 22 heavy (non-hydrogen) atoms. The van der Waals surface area contributed by atoms with Gasteiger partial charge in [-0.25, -0.2) is 0 Å². The number of rotatable bonds is 7. The van der Waals surface area contributed by atoms with E-state index in [4.69, 9.17) is 0 Å². The Labute approximate surface area is 128 Å². The van der Waals surface area contributed by atoms with Crippen molar-refractivity contribution >= 4 is 11.6 Å². The molecule has 1 amide bonds. The summed E-state index contributed by atoms with van der Waals surface area (Å²) in [6, 6.07) is 5.63. The van der Waals surface area contributed by atoms with Gasteiger partial charge in [0.05, 0.1) is 0 Å². The Morgan fingerprint density at radius 3 is 2.32 bits per heavy atom. The van der Waals surface area contributed by atoms with E-state index in [1.165, 1.54) is 12.1 Å². The summed E-state index contributed by atoms with van der Waals surface area (Å²) >= 11 is 0. The van der Waals surface area contributed by atoms with Crippen LogP contribution in [0.25, 0.3) is 0 Å². The number of ether oxygens (including phenoxy) is 1. The van der Waals surface area contributed by atoms with Gasteiger partial charge in [-0.05, 0) is 44.5 Å². The molecule has 2 atom stereocenters. The average molecular weight is 318 g/mol. The summed E-state index contributed by atoms with van der Waals surface area (Å²) in [5, 5.41) is 5.83. The summed E-state index contributed by atoms with van der Waals surface area (Å²) < 4.78 is 40.7. The van der Waals surface area contributed by atoms with E-state index < -0.39 is 18.8 Å². The number of amides is 1. The predicted octanol–water partition coefficient (Wildman–Crippen LogP) is 3.34. The molecule has 7 heteroatoms. The third-order valence-electron chi connectivity index (χ3n) is 3.03. The van der Waals surface area contributed by atoms with Crippen molar-refractivity contribution < 1.29 is 22.7 Å². The Morgan fingerprint density at radius 2 is 1.82 bits per heavy atom. The van der Waals surface area contributed by atoms with Crippen molar-refractivity contribution in [3.8, 4) is 5.75 Å². The first-order valence-electron chi connectivity index (χ1n) is 7.07. The van der Waals surface area contributed by atoms with Gasteiger partial charge in [0.15, 0.2) is 6.61 Å². The second kappa shape index (κ2) is 7.91. The van der Waals surface area contributed by atoms with Crippen LogP contribution in [0.4, 0.5) is 18.9 Å². The van der Waals surface area contributed by atoms with E-state index in [-0.39, 0.29) is 17.7 Å². The van der Waals surface area contributed by atoms with Gasteiger partial charge in [0, 0.05) is 11.7 Å². The largest absolute Gasteiger partial charge is 0.484 e. The summed E-state index contributed by atoms with van der Waals surface area (Å²) in [5.41, 5.74) is 0.631. The molecule has 0 aliphatic carbocycles. The Morgan fingerprint density at radius 1 is 1.23 bits per heavy atom. The number of hydrogen-bond donors (Lipinski definition) is 2. The van der Waals surface area contributed by atoms with Crippen LogP contribution in [0, 0.1) is 0 Å². The van der Waals surface area contributed by atoms with Gasteiger partial charge in [-0.3, -0.25) is 4.79 Å². The number of alkyl halides is 3. The number of carbonyl (C=O) groups excluding carboxylic acids is 1. The zero-order valence-corrected chi connectivity index (χ0v) is 12.8. The van der Waals surface area contributed by atoms with Crippen LogP contribution >= 0.6 is 0 Å². The van der Waals surface area contributed by atoms with Gasteiger partial charge in [-0.2, -0.15) is 13.2 Å². The van der Waals surface area contributed by atoms with Crippen LogP contribution < -0.4 is 15.4 Å². The number of nitrogens with one attached hydrogen (secondary N) is 2. The smallest absolute Gasteiger partial charge is 0.422 e. The summed E-state index contributed by atoms with van der Waals surface area (Å²) in [4.78, 5) is 11.9. The molecule has 1 rings (SSSR count). The third kappa shape index (κ3) is 6.69. The fourth-order valence-corrected chi connectivity index (χ4v) is 1.60. The summed E-state index contributed by atoms with van der Waals surface area (Å²) in [6.07, 6.45) is -3.52. The average Bonchev–Trinajstić information content (AvgIpc) is 2.45. The minimum absolute atomic E-state index is 0.0925. The molecule has 0 saturated heterocycles. The first-order valence-corrected chi connectivity index (χ1v) is 7.07. The first-order chi connectivity index (χ1) is 10.2. The lowest BCUT2D eigenvalue weighted by Gasteiger charge is -2.18. The highest BCUT2D eigenvalue weighted by atomic mass is 19.4. The lowest BCUT2D eigenvalue weighted by molar-refractivity contribution is -0.153. The molecule has 2 unspecified atom stereocenters. The predicted molar refractivity (Wildman–Crippen MR) is 79.0 cm³/mol. The van der Waals surface area contributed by atoms with E-state index in [1.807, 2.05) is 13.8 Å². The fourth-order valence-electron chi connectivity index (χ4n) is 1.60. The van der Waals surface area contributed by atoms with E-state index in [0.717, 1.165) is 6.42 Å². The number of anilines is 1. The second-order valence-corrected chi connectivity index (χ2v) is 5.11. The maximum absolute atomic E-state index is 12.0. The van der Waals surface area contributed by atoms with Crippen molar-refractivity contribution in [1.82, 2.24) is 5.32 Å². The zero-order valence-electron chi connectivity index (χ0n) is 12.8. The van der Waals surface area contributed by atoms with Crippen molar-refractivity contribution in [3.05, 3.63) is 24.3 Å². The van der Waals surface area contributed by atoms with Crippen LogP contribution in [-0.4, -0.2) is 30.8 Å². The highest BCUT2D eigenvalue weighted by Crippen LogP contribution is 2.20. The molecular formula is C15H21F3N2O2. The molecule has 124 valence electrons. The van der Waals surface area contributed by atoms with E-state index in [2.05, 4.69) is 15.4 Å². The highest BCUT2D eigenvalue weighted by Gasteiger charge is 2.28. The molecule has 0 aliphatic rings. The van der Waals surface area contributed by atoms with Crippen molar-refractivity contribution in [2.24, 2.45) is 0 Å². The second-order valence-electron chi connectivity index (χ2n) is 5.11. The lowest BCUT2D eigenvalue weighted by Crippen LogP contribution is -2.41. The summed E-state index contributed by atoms with van der Waals surface area (Å²) in [5.74, 6) is -0.00803. The van der Waals surface area contributed by atoms with Gasteiger partial charge < -0.3 is 15.4 Å². The van der Waals surface area contributed by atoms with Crippen LogP contribution in [0.15, 0.2) is 24.3 Å². The molecule has 0 aliphatic heterocycles. The van der Waals surface area contributed by atoms with Gasteiger partial charge in [-0.15, -0.1) is 0 Å². The van der Waals surface area contributed by atoms with Crippen LogP contribution in [0.2, 0.25) is 0 Å². The Bertz CT molecular complexity index is 475. The molecule has 0 saturated carbocycles.